The molecule has 0 aromatic heterocycles. The van der Waals surface area contributed by atoms with Crippen molar-refractivity contribution in [1.29, 1.82) is 0 Å². The van der Waals surface area contributed by atoms with E-state index in [0.29, 0.717) is 11.4 Å². The zero-order valence-electron chi connectivity index (χ0n) is 11.1. The molecule has 0 spiro atoms. The first-order valence-electron chi connectivity index (χ1n) is 5.98. The normalized spacial score (nSPS) is 12.1. The molecule has 1 atom stereocenters. The van der Waals surface area contributed by atoms with Crippen molar-refractivity contribution < 1.29 is 8.95 Å². The number of rotatable bonds is 4. The summed E-state index contributed by atoms with van der Waals surface area (Å²) >= 11 is 0. The van der Waals surface area contributed by atoms with Crippen LogP contribution < -0.4 is 10.5 Å². The van der Waals surface area contributed by atoms with Crippen LogP contribution in [0.1, 0.15) is 11.1 Å². The Morgan fingerprint density at radius 2 is 1.95 bits per heavy atom. The molecule has 1 unspecified atom stereocenters. The zero-order valence-corrected chi connectivity index (χ0v) is 11.9. The van der Waals surface area contributed by atoms with Crippen molar-refractivity contribution in [3.8, 4) is 5.75 Å². The van der Waals surface area contributed by atoms with Crippen LogP contribution in [-0.2, 0) is 16.6 Å². The van der Waals surface area contributed by atoms with E-state index < -0.39 is 10.8 Å². The number of methoxy groups -OCH3 is 1. The molecule has 4 heteroatoms. The number of ether oxygens (including phenoxy) is 1. The van der Waals surface area contributed by atoms with Gasteiger partial charge in [-0.25, -0.2) is 0 Å². The molecule has 2 N–H and O–H groups in total. The Bertz CT molecular complexity index is 611. The third kappa shape index (κ3) is 3.15. The first kappa shape index (κ1) is 13.6. The average Bonchev–Trinajstić information content (AvgIpc) is 2.42. The maximum atomic E-state index is 12.4. The molecule has 0 aliphatic heterocycles. The van der Waals surface area contributed by atoms with Gasteiger partial charge in [0.15, 0.2) is 0 Å². The summed E-state index contributed by atoms with van der Waals surface area (Å²) in [6, 6.07) is 13.1. The predicted octanol–water partition coefficient (Wildman–Crippen LogP) is 2.89. The number of benzene rings is 2. The molecule has 0 saturated carbocycles. The maximum absolute atomic E-state index is 12.4. The Labute approximate surface area is 115 Å². The van der Waals surface area contributed by atoms with Gasteiger partial charge in [0.25, 0.3) is 0 Å². The molecule has 2 aromatic rings. The van der Waals surface area contributed by atoms with Gasteiger partial charge in [-0.3, -0.25) is 4.21 Å². The van der Waals surface area contributed by atoms with Gasteiger partial charge in [0.1, 0.15) is 5.75 Å². The van der Waals surface area contributed by atoms with Crippen LogP contribution in [0.25, 0.3) is 0 Å². The SMILES string of the molecule is COc1cccc(CS(=O)c2cccc(N)c2C)c1. The largest absolute Gasteiger partial charge is 0.497 e. The number of anilines is 1. The van der Waals surface area contributed by atoms with Gasteiger partial charge < -0.3 is 10.5 Å². The van der Waals surface area contributed by atoms with E-state index in [1.165, 1.54) is 0 Å². The van der Waals surface area contributed by atoms with Crippen molar-refractivity contribution in [3.63, 3.8) is 0 Å². The first-order chi connectivity index (χ1) is 9.11. The Morgan fingerprint density at radius 1 is 1.21 bits per heavy atom. The Kier molecular flexibility index (Phi) is 4.22. The molecule has 3 nitrogen and oxygen atoms in total. The number of nitrogen functional groups attached to an aromatic ring is 1. The predicted molar refractivity (Wildman–Crippen MR) is 78.7 cm³/mol. The minimum atomic E-state index is -1.10. The molecule has 0 saturated heterocycles. The molecule has 0 aliphatic rings. The van der Waals surface area contributed by atoms with Crippen LogP contribution in [0.2, 0.25) is 0 Å². The molecule has 0 bridgehead atoms. The lowest BCUT2D eigenvalue weighted by atomic mass is 10.2. The third-order valence-electron chi connectivity index (χ3n) is 3.00. The molecule has 0 aliphatic carbocycles. The second-order valence-corrected chi connectivity index (χ2v) is 5.73. The van der Waals surface area contributed by atoms with Gasteiger partial charge in [-0.2, -0.15) is 0 Å². The summed E-state index contributed by atoms with van der Waals surface area (Å²) in [5.74, 6) is 1.24. The summed E-state index contributed by atoms with van der Waals surface area (Å²) in [5, 5.41) is 0. The topological polar surface area (TPSA) is 52.3 Å². The lowest BCUT2D eigenvalue weighted by molar-refractivity contribution is 0.414. The number of hydrogen-bond donors (Lipinski definition) is 1. The van der Waals surface area contributed by atoms with Gasteiger partial charge >= 0.3 is 0 Å². The molecule has 100 valence electrons. The molecular weight excluding hydrogens is 258 g/mol. The van der Waals surface area contributed by atoms with E-state index in [1.54, 1.807) is 7.11 Å². The molecule has 0 radical (unpaired) electrons. The highest BCUT2D eigenvalue weighted by atomic mass is 32.2. The summed E-state index contributed by atoms with van der Waals surface area (Å²) in [6.45, 7) is 1.90. The molecular formula is C15H17NO2S. The fourth-order valence-corrected chi connectivity index (χ4v) is 3.20. The van der Waals surface area contributed by atoms with Crippen LogP contribution in [0, 0.1) is 6.92 Å². The van der Waals surface area contributed by atoms with Gasteiger partial charge in [0, 0.05) is 10.6 Å². The van der Waals surface area contributed by atoms with E-state index in [9.17, 15) is 4.21 Å². The quantitative estimate of drug-likeness (QED) is 0.873. The van der Waals surface area contributed by atoms with Crippen LogP contribution in [0.5, 0.6) is 5.75 Å². The van der Waals surface area contributed by atoms with E-state index in [1.807, 2.05) is 49.4 Å². The molecule has 2 aromatic carbocycles. The smallest absolute Gasteiger partial charge is 0.119 e. The van der Waals surface area contributed by atoms with Gasteiger partial charge in [-0.15, -0.1) is 0 Å². The number of nitrogens with two attached hydrogens (primary N) is 1. The van der Waals surface area contributed by atoms with Gasteiger partial charge in [0.2, 0.25) is 0 Å². The minimum absolute atomic E-state index is 0.460. The lowest BCUT2D eigenvalue weighted by Gasteiger charge is -2.09. The Balaban J connectivity index is 2.23. The highest BCUT2D eigenvalue weighted by Crippen LogP contribution is 2.22. The zero-order chi connectivity index (χ0) is 13.8. The second kappa shape index (κ2) is 5.89. The van der Waals surface area contributed by atoms with E-state index >= 15 is 0 Å². The Hall–Kier alpha value is -1.81. The minimum Gasteiger partial charge on any atom is -0.497 e. The fourth-order valence-electron chi connectivity index (χ4n) is 1.87. The van der Waals surface area contributed by atoms with Gasteiger partial charge in [-0.05, 0) is 42.3 Å². The van der Waals surface area contributed by atoms with Crippen molar-refractivity contribution in [2.24, 2.45) is 0 Å². The van der Waals surface area contributed by atoms with E-state index in [-0.39, 0.29) is 0 Å². The van der Waals surface area contributed by atoms with Crippen molar-refractivity contribution in [2.45, 2.75) is 17.6 Å². The van der Waals surface area contributed by atoms with E-state index in [2.05, 4.69) is 0 Å². The fraction of sp³-hybridized carbons (Fsp3) is 0.200. The molecule has 0 fully saturated rings. The van der Waals surface area contributed by atoms with Crippen LogP contribution in [0.15, 0.2) is 47.4 Å². The molecule has 0 heterocycles. The summed E-state index contributed by atoms with van der Waals surface area (Å²) < 4.78 is 17.6. The second-order valence-electron chi connectivity index (χ2n) is 4.31. The highest BCUT2D eigenvalue weighted by molar-refractivity contribution is 7.84. The molecule has 19 heavy (non-hydrogen) atoms. The Morgan fingerprint density at radius 3 is 2.68 bits per heavy atom. The highest BCUT2D eigenvalue weighted by Gasteiger charge is 2.10. The van der Waals surface area contributed by atoms with E-state index in [0.717, 1.165) is 21.8 Å². The standard InChI is InChI=1S/C15H17NO2S/c1-11-14(16)7-4-8-15(11)19(17)10-12-5-3-6-13(9-12)18-2/h3-9H,10,16H2,1-2H3. The summed E-state index contributed by atoms with van der Waals surface area (Å²) in [6.07, 6.45) is 0. The lowest BCUT2D eigenvalue weighted by Crippen LogP contribution is -2.01. The van der Waals surface area contributed by atoms with Crippen LogP contribution >= 0.6 is 0 Å². The third-order valence-corrected chi connectivity index (χ3v) is 4.53. The monoisotopic (exact) mass is 275 g/mol. The van der Waals surface area contributed by atoms with Crippen molar-refractivity contribution in [3.05, 3.63) is 53.6 Å². The average molecular weight is 275 g/mol. The maximum Gasteiger partial charge on any atom is 0.119 e. The van der Waals surface area contributed by atoms with Crippen molar-refractivity contribution in [2.75, 3.05) is 12.8 Å². The van der Waals surface area contributed by atoms with Gasteiger partial charge in [-0.1, -0.05) is 18.2 Å². The van der Waals surface area contributed by atoms with Crippen LogP contribution in [-0.4, -0.2) is 11.3 Å². The first-order valence-corrected chi connectivity index (χ1v) is 7.30. The molecule has 2 rings (SSSR count). The van der Waals surface area contributed by atoms with E-state index in [4.69, 9.17) is 10.5 Å². The van der Waals surface area contributed by atoms with Crippen LogP contribution in [0.3, 0.4) is 0 Å². The summed E-state index contributed by atoms with van der Waals surface area (Å²) in [4.78, 5) is 0.794. The molecule has 0 amide bonds. The van der Waals surface area contributed by atoms with Crippen molar-refractivity contribution in [1.82, 2.24) is 0 Å². The van der Waals surface area contributed by atoms with Gasteiger partial charge in [0.05, 0.1) is 23.7 Å². The van der Waals surface area contributed by atoms with Crippen molar-refractivity contribution >= 4 is 16.5 Å². The number of hydrogen-bond acceptors (Lipinski definition) is 3. The summed E-state index contributed by atoms with van der Waals surface area (Å²) in [5.41, 5.74) is 8.40. The summed E-state index contributed by atoms with van der Waals surface area (Å²) in [7, 11) is 0.521. The van der Waals surface area contributed by atoms with Crippen LogP contribution in [0.4, 0.5) is 5.69 Å².